The highest BCUT2D eigenvalue weighted by Crippen LogP contribution is 2.18. The van der Waals surface area contributed by atoms with Gasteiger partial charge in [-0.25, -0.2) is 0 Å². The molecule has 1 atom stereocenters. The van der Waals surface area contributed by atoms with Crippen LogP contribution in [0.5, 0.6) is 0 Å². The smallest absolute Gasteiger partial charge is 0.303 e. The Labute approximate surface area is 119 Å². The van der Waals surface area contributed by atoms with Crippen molar-refractivity contribution >= 4 is 11.9 Å². The Hall–Kier alpha value is -1.88. The van der Waals surface area contributed by atoms with E-state index in [0.717, 1.165) is 12.1 Å². The molecule has 0 aliphatic rings. The summed E-state index contributed by atoms with van der Waals surface area (Å²) >= 11 is 0. The molecule has 0 aliphatic heterocycles. The Kier molecular flexibility index (Phi) is 7.35. The first kappa shape index (κ1) is 16.2. The normalized spacial score (nSPS) is 11.8. The van der Waals surface area contributed by atoms with Crippen molar-refractivity contribution in [2.75, 3.05) is 13.1 Å². The largest absolute Gasteiger partial charge is 0.481 e. The lowest BCUT2D eigenvalue weighted by Crippen LogP contribution is -2.31. The van der Waals surface area contributed by atoms with Gasteiger partial charge in [0.15, 0.2) is 0 Å². The average Bonchev–Trinajstić information content (AvgIpc) is 2.44. The predicted octanol–water partition coefficient (Wildman–Crippen LogP) is 1.71. The fraction of sp³-hybridized carbons (Fsp3) is 0.467. The van der Waals surface area contributed by atoms with Crippen LogP contribution in [-0.2, 0) is 9.59 Å². The molecule has 1 amide bonds. The fourth-order valence-corrected chi connectivity index (χ4v) is 1.92. The SMILES string of the molecule is CCNCCC(=O)NC(CCC(=O)O)c1ccccc1. The van der Waals surface area contributed by atoms with Crippen LogP contribution in [0.4, 0.5) is 0 Å². The summed E-state index contributed by atoms with van der Waals surface area (Å²) < 4.78 is 0. The minimum absolute atomic E-state index is 0.0348. The van der Waals surface area contributed by atoms with Crippen LogP contribution in [0.2, 0.25) is 0 Å². The maximum Gasteiger partial charge on any atom is 0.303 e. The van der Waals surface area contributed by atoms with Crippen molar-refractivity contribution < 1.29 is 14.7 Å². The van der Waals surface area contributed by atoms with Gasteiger partial charge in [-0.2, -0.15) is 0 Å². The summed E-state index contributed by atoms with van der Waals surface area (Å²) in [6.45, 7) is 3.44. The first-order chi connectivity index (χ1) is 9.63. The summed E-state index contributed by atoms with van der Waals surface area (Å²) in [4.78, 5) is 22.6. The summed E-state index contributed by atoms with van der Waals surface area (Å²) in [5.74, 6) is -0.918. The molecular formula is C15H22N2O3. The second kappa shape index (κ2) is 9.09. The van der Waals surface area contributed by atoms with E-state index < -0.39 is 5.97 Å². The molecular weight excluding hydrogens is 256 g/mol. The molecule has 1 aromatic rings. The molecule has 5 nitrogen and oxygen atoms in total. The number of amides is 1. The Balaban J connectivity index is 2.58. The highest BCUT2D eigenvalue weighted by Gasteiger charge is 2.15. The van der Waals surface area contributed by atoms with Gasteiger partial charge in [-0.3, -0.25) is 9.59 Å². The quantitative estimate of drug-likeness (QED) is 0.601. The van der Waals surface area contributed by atoms with Crippen LogP contribution in [-0.4, -0.2) is 30.1 Å². The Morgan fingerprint density at radius 3 is 2.50 bits per heavy atom. The minimum atomic E-state index is -0.854. The van der Waals surface area contributed by atoms with Crippen molar-refractivity contribution in [2.24, 2.45) is 0 Å². The Morgan fingerprint density at radius 1 is 1.20 bits per heavy atom. The van der Waals surface area contributed by atoms with Crippen molar-refractivity contribution in [3.63, 3.8) is 0 Å². The van der Waals surface area contributed by atoms with Gasteiger partial charge in [0.05, 0.1) is 6.04 Å². The van der Waals surface area contributed by atoms with Crippen LogP contribution < -0.4 is 10.6 Å². The van der Waals surface area contributed by atoms with Gasteiger partial charge in [-0.15, -0.1) is 0 Å². The van der Waals surface area contributed by atoms with Crippen LogP contribution in [0.15, 0.2) is 30.3 Å². The summed E-state index contributed by atoms with van der Waals surface area (Å²) in [6, 6.07) is 9.21. The van der Waals surface area contributed by atoms with E-state index >= 15 is 0 Å². The first-order valence-electron chi connectivity index (χ1n) is 6.90. The third-order valence-electron chi connectivity index (χ3n) is 2.96. The number of nitrogens with one attached hydrogen (secondary N) is 2. The number of carbonyl (C=O) groups is 2. The molecule has 0 spiro atoms. The van der Waals surface area contributed by atoms with Crippen LogP contribution in [0.25, 0.3) is 0 Å². The van der Waals surface area contributed by atoms with Crippen molar-refractivity contribution in [3.05, 3.63) is 35.9 Å². The monoisotopic (exact) mass is 278 g/mol. The number of carboxylic acid groups (broad SMARTS) is 1. The topological polar surface area (TPSA) is 78.4 Å². The third-order valence-corrected chi connectivity index (χ3v) is 2.96. The Bertz CT molecular complexity index is 420. The maximum absolute atomic E-state index is 11.8. The standard InChI is InChI=1S/C15H22N2O3/c1-2-16-11-10-14(18)17-13(8-9-15(19)20)12-6-4-3-5-7-12/h3-7,13,16H,2,8-11H2,1H3,(H,17,18)(H,19,20). The predicted molar refractivity (Wildman–Crippen MR) is 77.4 cm³/mol. The molecule has 5 heteroatoms. The second-order valence-electron chi connectivity index (χ2n) is 4.57. The first-order valence-corrected chi connectivity index (χ1v) is 6.90. The lowest BCUT2D eigenvalue weighted by Gasteiger charge is -2.18. The lowest BCUT2D eigenvalue weighted by atomic mass is 10.0. The summed E-state index contributed by atoms with van der Waals surface area (Å²) in [6.07, 6.45) is 0.823. The van der Waals surface area contributed by atoms with Gasteiger partial charge in [-0.1, -0.05) is 37.3 Å². The third kappa shape index (κ3) is 6.33. The van der Waals surface area contributed by atoms with Gasteiger partial charge in [0, 0.05) is 19.4 Å². The average molecular weight is 278 g/mol. The summed E-state index contributed by atoms with van der Waals surface area (Å²) in [5, 5.41) is 14.8. The molecule has 0 saturated carbocycles. The van der Waals surface area contributed by atoms with E-state index in [4.69, 9.17) is 5.11 Å². The lowest BCUT2D eigenvalue weighted by molar-refractivity contribution is -0.137. The Morgan fingerprint density at radius 2 is 1.90 bits per heavy atom. The molecule has 20 heavy (non-hydrogen) atoms. The van der Waals surface area contributed by atoms with Gasteiger partial charge >= 0.3 is 5.97 Å². The van der Waals surface area contributed by atoms with Crippen LogP contribution in [0.3, 0.4) is 0 Å². The van der Waals surface area contributed by atoms with E-state index in [0.29, 0.717) is 19.4 Å². The van der Waals surface area contributed by atoms with E-state index in [1.165, 1.54) is 0 Å². The van der Waals surface area contributed by atoms with Gasteiger partial charge in [0.2, 0.25) is 5.91 Å². The number of rotatable bonds is 9. The molecule has 0 aromatic heterocycles. The van der Waals surface area contributed by atoms with Crippen molar-refractivity contribution in [1.82, 2.24) is 10.6 Å². The number of hydrogen-bond acceptors (Lipinski definition) is 3. The highest BCUT2D eigenvalue weighted by atomic mass is 16.4. The zero-order chi connectivity index (χ0) is 14.8. The molecule has 1 aromatic carbocycles. The second-order valence-corrected chi connectivity index (χ2v) is 4.57. The fourth-order valence-electron chi connectivity index (χ4n) is 1.92. The van der Waals surface area contributed by atoms with E-state index in [1.54, 1.807) is 0 Å². The molecule has 0 bridgehead atoms. The van der Waals surface area contributed by atoms with Gasteiger partial charge in [-0.05, 0) is 18.5 Å². The van der Waals surface area contributed by atoms with Gasteiger partial charge < -0.3 is 15.7 Å². The zero-order valence-corrected chi connectivity index (χ0v) is 11.8. The molecule has 0 aliphatic carbocycles. The molecule has 3 N–H and O–H groups in total. The van der Waals surface area contributed by atoms with Crippen molar-refractivity contribution in [3.8, 4) is 0 Å². The van der Waals surface area contributed by atoms with E-state index in [9.17, 15) is 9.59 Å². The molecule has 0 radical (unpaired) electrons. The minimum Gasteiger partial charge on any atom is -0.481 e. The molecule has 0 heterocycles. The highest BCUT2D eigenvalue weighted by molar-refractivity contribution is 5.76. The molecule has 0 saturated heterocycles. The van der Waals surface area contributed by atoms with E-state index in [2.05, 4.69) is 10.6 Å². The number of carbonyl (C=O) groups excluding carboxylic acids is 1. The van der Waals surface area contributed by atoms with E-state index in [-0.39, 0.29) is 18.4 Å². The van der Waals surface area contributed by atoms with E-state index in [1.807, 2.05) is 37.3 Å². The number of carboxylic acids is 1. The van der Waals surface area contributed by atoms with Crippen molar-refractivity contribution in [2.45, 2.75) is 32.2 Å². The number of hydrogen-bond donors (Lipinski definition) is 3. The molecule has 110 valence electrons. The van der Waals surface area contributed by atoms with Crippen LogP contribution >= 0.6 is 0 Å². The zero-order valence-electron chi connectivity index (χ0n) is 11.8. The van der Waals surface area contributed by atoms with Gasteiger partial charge in [0.1, 0.15) is 0 Å². The molecule has 0 fully saturated rings. The number of aliphatic carboxylic acids is 1. The van der Waals surface area contributed by atoms with Crippen LogP contribution in [0, 0.1) is 0 Å². The van der Waals surface area contributed by atoms with Crippen LogP contribution in [0.1, 0.15) is 37.8 Å². The molecule has 1 rings (SSSR count). The van der Waals surface area contributed by atoms with Crippen molar-refractivity contribution in [1.29, 1.82) is 0 Å². The van der Waals surface area contributed by atoms with Gasteiger partial charge in [0.25, 0.3) is 0 Å². The number of benzene rings is 1. The summed E-state index contributed by atoms with van der Waals surface area (Å²) in [7, 11) is 0. The maximum atomic E-state index is 11.8. The molecule has 1 unspecified atom stereocenters. The summed E-state index contributed by atoms with van der Waals surface area (Å²) in [5.41, 5.74) is 0.936.